The number of carbonyl (C=O) groups is 1. The Hall–Kier alpha value is -0.780. The van der Waals surface area contributed by atoms with Crippen LogP contribution in [0.15, 0.2) is 22.7 Å². The Morgan fingerprint density at radius 1 is 1.45 bits per heavy atom. The molecule has 1 saturated heterocycles. The summed E-state index contributed by atoms with van der Waals surface area (Å²) in [6, 6.07) is 5.53. The average molecular weight is 392 g/mol. The molecule has 1 fully saturated rings. The molecule has 124 valence electrons. The molecule has 1 aromatic rings. The van der Waals surface area contributed by atoms with Crippen molar-refractivity contribution in [2.75, 3.05) is 19.6 Å². The second-order valence-corrected chi connectivity index (χ2v) is 7.25. The van der Waals surface area contributed by atoms with Gasteiger partial charge in [-0.2, -0.15) is 0 Å². The number of carbonyl (C=O) groups excluding carboxylic acids is 1. The molecule has 0 spiro atoms. The molecule has 1 heterocycles. The maximum Gasteiger partial charge on any atom is 0.254 e. The number of hydrogen-bond acceptors (Lipinski definition) is 3. The number of amides is 1. The van der Waals surface area contributed by atoms with Gasteiger partial charge >= 0.3 is 0 Å². The van der Waals surface area contributed by atoms with Gasteiger partial charge in [-0.15, -0.1) is 12.4 Å². The maximum atomic E-state index is 12.6. The molecular weight excluding hydrogens is 368 g/mol. The molecule has 4 nitrogen and oxygen atoms in total. The number of benzene rings is 1. The topological polar surface area (TPSA) is 55.6 Å². The number of halogens is 2. The van der Waals surface area contributed by atoms with Gasteiger partial charge in [0.15, 0.2) is 0 Å². The molecule has 6 heteroatoms. The van der Waals surface area contributed by atoms with Crippen molar-refractivity contribution in [1.82, 2.24) is 4.90 Å². The zero-order valence-corrected chi connectivity index (χ0v) is 15.7. The van der Waals surface area contributed by atoms with E-state index in [1.54, 1.807) is 0 Å². The number of nitrogens with zero attached hydrogens (tertiary/aromatic N) is 1. The highest BCUT2D eigenvalue weighted by Gasteiger charge is 2.35. The summed E-state index contributed by atoms with van der Waals surface area (Å²) < 4.78 is 6.54. The third-order valence-electron chi connectivity index (χ3n) is 3.83. The van der Waals surface area contributed by atoms with Crippen molar-refractivity contribution < 1.29 is 9.53 Å². The first kappa shape index (κ1) is 19.3. The highest BCUT2D eigenvalue weighted by Crippen LogP contribution is 2.30. The van der Waals surface area contributed by atoms with Crippen molar-refractivity contribution >= 4 is 34.2 Å². The second kappa shape index (κ2) is 7.66. The van der Waals surface area contributed by atoms with E-state index in [2.05, 4.69) is 22.9 Å². The Morgan fingerprint density at radius 3 is 2.68 bits per heavy atom. The van der Waals surface area contributed by atoms with Crippen LogP contribution < -0.4 is 10.5 Å². The van der Waals surface area contributed by atoms with E-state index in [-0.39, 0.29) is 29.8 Å². The minimum atomic E-state index is 0. The van der Waals surface area contributed by atoms with E-state index < -0.39 is 0 Å². The Morgan fingerprint density at radius 2 is 2.14 bits per heavy atom. The van der Waals surface area contributed by atoms with Crippen LogP contribution in [-0.2, 0) is 0 Å². The van der Waals surface area contributed by atoms with Crippen LogP contribution in [0.4, 0.5) is 0 Å². The monoisotopic (exact) mass is 390 g/mol. The van der Waals surface area contributed by atoms with Crippen LogP contribution in [0, 0.1) is 5.41 Å². The molecule has 2 N–H and O–H groups in total. The van der Waals surface area contributed by atoms with Gasteiger partial charge in [0.2, 0.25) is 0 Å². The first-order chi connectivity index (χ1) is 9.83. The van der Waals surface area contributed by atoms with Gasteiger partial charge in [0.05, 0.1) is 6.10 Å². The molecular formula is C16H24BrClN2O2. The number of hydrogen-bond donors (Lipinski definition) is 1. The van der Waals surface area contributed by atoms with E-state index >= 15 is 0 Å². The van der Waals surface area contributed by atoms with E-state index in [1.165, 1.54) is 0 Å². The molecule has 0 aliphatic carbocycles. The molecule has 1 unspecified atom stereocenters. The van der Waals surface area contributed by atoms with E-state index in [4.69, 9.17) is 10.5 Å². The Bertz CT molecular complexity index is 539. The van der Waals surface area contributed by atoms with Gasteiger partial charge in [-0.05, 0) is 50.4 Å². The lowest BCUT2D eigenvalue weighted by molar-refractivity contribution is 0.0776. The molecule has 0 radical (unpaired) electrons. The molecule has 0 saturated carbocycles. The van der Waals surface area contributed by atoms with Crippen LogP contribution in [0.1, 0.15) is 37.6 Å². The van der Waals surface area contributed by atoms with Crippen molar-refractivity contribution in [3.63, 3.8) is 0 Å². The van der Waals surface area contributed by atoms with Gasteiger partial charge in [-0.3, -0.25) is 4.79 Å². The largest absolute Gasteiger partial charge is 0.491 e. The van der Waals surface area contributed by atoms with Crippen LogP contribution in [0.25, 0.3) is 0 Å². The summed E-state index contributed by atoms with van der Waals surface area (Å²) in [5.41, 5.74) is 6.50. The van der Waals surface area contributed by atoms with Crippen molar-refractivity contribution in [3.8, 4) is 5.75 Å². The standard InChI is InChI=1S/C16H23BrN2O2.ClH/c1-11(2)21-14-7-12(6-13(17)8-14)15(20)19-5-4-16(3,9-18)10-19;/h6-8,11H,4-5,9-10,18H2,1-3H3;1H. The summed E-state index contributed by atoms with van der Waals surface area (Å²) in [7, 11) is 0. The first-order valence-electron chi connectivity index (χ1n) is 7.29. The fraction of sp³-hybridized carbons (Fsp3) is 0.562. The summed E-state index contributed by atoms with van der Waals surface area (Å²) in [5, 5.41) is 0. The summed E-state index contributed by atoms with van der Waals surface area (Å²) in [4.78, 5) is 14.5. The fourth-order valence-corrected chi connectivity index (χ4v) is 3.04. The SMILES string of the molecule is CC(C)Oc1cc(Br)cc(C(=O)N2CCC(C)(CN)C2)c1.Cl. The van der Waals surface area contributed by atoms with Crippen LogP contribution in [0.3, 0.4) is 0 Å². The van der Waals surface area contributed by atoms with Crippen LogP contribution >= 0.6 is 28.3 Å². The van der Waals surface area contributed by atoms with Crippen molar-refractivity contribution in [2.24, 2.45) is 11.1 Å². The first-order valence-corrected chi connectivity index (χ1v) is 8.09. The molecule has 0 bridgehead atoms. The lowest BCUT2D eigenvalue weighted by atomic mass is 9.90. The highest BCUT2D eigenvalue weighted by atomic mass is 79.9. The Balaban J connectivity index is 0.00000242. The molecule has 1 aliphatic rings. The molecule has 1 amide bonds. The van der Waals surface area contributed by atoms with Gasteiger partial charge < -0.3 is 15.4 Å². The fourth-order valence-electron chi connectivity index (χ4n) is 2.57. The number of nitrogens with two attached hydrogens (primary N) is 1. The zero-order valence-electron chi connectivity index (χ0n) is 13.3. The summed E-state index contributed by atoms with van der Waals surface area (Å²) in [5.74, 6) is 0.755. The second-order valence-electron chi connectivity index (χ2n) is 6.33. The normalized spacial score (nSPS) is 20.9. The van der Waals surface area contributed by atoms with E-state index in [0.717, 1.165) is 24.0 Å². The van der Waals surface area contributed by atoms with Gasteiger partial charge in [0.25, 0.3) is 5.91 Å². The van der Waals surface area contributed by atoms with Crippen molar-refractivity contribution in [3.05, 3.63) is 28.2 Å². The minimum absolute atomic E-state index is 0. The summed E-state index contributed by atoms with van der Waals surface area (Å²) in [6.07, 6.45) is 1.04. The van der Waals surface area contributed by atoms with Crippen molar-refractivity contribution in [2.45, 2.75) is 33.3 Å². The quantitative estimate of drug-likeness (QED) is 0.855. The van der Waals surface area contributed by atoms with E-state index in [9.17, 15) is 4.79 Å². The lowest BCUT2D eigenvalue weighted by Gasteiger charge is -2.23. The zero-order chi connectivity index (χ0) is 15.6. The predicted octanol–water partition coefficient (Wildman–Crippen LogP) is 3.47. The van der Waals surface area contributed by atoms with E-state index in [0.29, 0.717) is 17.9 Å². The summed E-state index contributed by atoms with van der Waals surface area (Å²) >= 11 is 3.45. The molecule has 22 heavy (non-hydrogen) atoms. The predicted molar refractivity (Wildman–Crippen MR) is 94.8 cm³/mol. The smallest absolute Gasteiger partial charge is 0.254 e. The van der Waals surface area contributed by atoms with Crippen molar-refractivity contribution in [1.29, 1.82) is 0 Å². The maximum absolute atomic E-state index is 12.6. The Kier molecular flexibility index (Phi) is 6.71. The van der Waals surface area contributed by atoms with E-state index in [1.807, 2.05) is 36.9 Å². The number of ether oxygens (including phenoxy) is 1. The molecule has 0 aromatic heterocycles. The number of rotatable bonds is 4. The van der Waals surface area contributed by atoms with Crippen LogP contribution in [0.2, 0.25) is 0 Å². The molecule has 1 aliphatic heterocycles. The van der Waals surface area contributed by atoms with Crippen LogP contribution in [0.5, 0.6) is 5.75 Å². The van der Waals surface area contributed by atoms with Gasteiger partial charge in [0.1, 0.15) is 5.75 Å². The van der Waals surface area contributed by atoms with Gasteiger partial charge in [-0.25, -0.2) is 0 Å². The molecule has 1 aromatic carbocycles. The average Bonchev–Trinajstić information content (AvgIpc) is 2.80. The van der Waals surface area contributed by atoms with Gasteiger partial charge in [0, 0.05) is 23.1 Å². The third-order valence-corrected chi connectivity index (χ3v) is 4.29. The lowest BCUT2D eigenvalue weighted by Crippen LogP contribution is -2.34. The Labute approximate surface area is 146 Å². The van der Waals surface area contributed by atoms with Gasteiger partial charge in [-0.1, -0.05) is 22.9 Å². The highest BCUT2D eigenvalue weighted by molar-refractivity contribution is 9.10. The summed E-state index contributed by atoms with van der Waals surface area (Å²) in [6.45, 7) is 8.16. The van der Waals surface area contributed by atoms with Crippen LogP contribution in [-0.4, -0.2) is 36.5 Å². The molecule has 1 atom stereocenters. The number of likely N-dealkylation sites (tertiary alicyclic amines) is 1. The third kappa shape index (κ3) is 4.61. The molecule has 2 rings (SSSR count). The minimum Gasteiger partial charge on any atom is -0.491 e.